The molecule has 0 aliphatic carbocycles. The van der Waals surface area contributed by atoms with Crippen LogP contribution >= 0.6 is 24.8 Å². The van der Waals surface area contributed by atoms with Gasteiger partial charge in [-0.15, -0.1) is 24.8 Å². The van der Waals surface area contributed by atoms with E-state index in [1.54, 1.807) is 6.33 Å². The maximum absolute atomic E-state index is 12.1. The van der Waals surface area contributed by atoms with E-state index in [1.807, 2.05) is 53.1 Å². The van der Waals surface area contributed by atoms with E-state index in [4.69, 9.17) is 5.73 Å². The molecule has 7 heteroatoms. The molecule has 26 heavy (non-hydrogen) atoms. The third-order valence-corrected chi connectivity index (χ3v) is 3.93. The van der Waals surface area contributed by atoms with Crippen LogP contribution in [0.15, 0.2) is 54.9 Å². The van der Waals surface area contributed by atoms with Gasteiger partial charge >= 0.3 is 0 Å². The fourth-order valence-corrected chi connectivity index (χ4v) is 2.72. The Morgan fingerprint density at radius 1 is 1.12 bits per heavy atom. The molecule has 0 unspecified atom stereocenters. The van der Waals surface area contributed by atoms with Gasteiger partial charge in [-0.05, 0) is 48.7 Å². The summed E-state index contributed by atoms with van der Waals surface area (Å²) in [6.45, 7) is 4.11. The quantitative estimate of drug-likeness (QED) is 0.681. The van der Waals surface area contributed by atoms with Gasteiger partial charge in [0, 0.05) is 11.4 Å². The molecule has 0 spiro atoms. The van der Waals surface area contributed by atoms with Gasteiger partial charge in [-0.25, -0.2) is 4.98 Å². The first kappa shape index (κ1) is 22.0. The molecule has 0 radical (unpaired) electrons. The predicted molar refractivity (Wildman–Crippen MR) is 112 cm³/mol. The summed E-state index contributed by atoms with van der Waals surface area (Å²) >= 11 is 0. The highest BCUT2D eigenvalue weighted by molar-refractivity contribution is 5.94. The average Bonchev–Trinajstić information content (AvgIpc) is 2.99. The highest BCUT2D eigenvalue weighted by atomic mass is 35.5. The van der Waals surface area contributed by atoms with E-state index in [9.17, 15) is 4.79 Å². The van der Waals surface area contributed by atoms with Crippen molar-refractivity contribution in [2.75, 3.05) is 5.32 Å². The van der Waals surface area contributed by atoms with Crippen molar-refractivity contribution in [3.63, 3.8) is 0 Å². The standard InChI is InChI=1S/C19H22N4O.2ClH/c1-13(2)11-16(20)19(24)22-14-7-9-15(10-8-14)23-12-21-17-5-3-4-6-18(17)23;;/h3-10,12-13,16H,11,20H2,1-2H3,(H,22,24);2*1H/t16-;;/m0../s1. The Morgan fingerprint density at radius 3 is 2.42 bits per heavy atom. The number of carbonyl (C=O) groups is 1. The zero-order valence-electron chi connectivity index (χ0n) is 14.8. The van der Waals surface area contributed by atoms with Crippen molar-refractivity contribution in [2.45, 2.75) is 26.3 Å². The second-order valence-electron chi connectivity index (χ2n) is 6.38. The van der Waals surface area contributed by atoms with Gasteiger partial charge < -0.3 is 11.1 Å². The summed E-state index contributed by atoms with van der Waals surface area (Å²) in [5.74, 6) is 0.243. The van der Waals surface area contributed by atoms with Crippen LogP contribution in [0.1, 0.15) is 20.3 Å². The summed E-state index contributed by atoms with van der Waals surface area (Å²) in [4.78, 5) is 16.5. The van der Waals surface area contributed by atoms with Gasteiger partial charge in [-0.3, -0.25) is 9.36 Å². The largest absolute Gasteiger partial charge is 0.325 e. The lowest BCUT2D eigenvalue weighted by molar-refractivity contribution is -0.117. The fourth-order valence-electron chi connectivity index (χ4n) is 2.72. The molecule has 1 atom stereocenters. The van der Waals surface area contributed by atoms with Gasteiger partial charge in [-0.2, -0.15) is 0 Å². The number of fused-ring (bicyclic) bond motifs is 1. The van der Waals surface area contributed by atoms with Gasteiger partial charge in [0.05, 0.1) is 17.1 Å². The van der Waals surface area contributed by atoms with Crippen LogP contribution in [0.5, 0.6) is 0 Å². The number of anilines is 1. The normalized spacial score (nSPS) is 11.5. The van der Waals surface area contributed by atoms with Gasteiger partial charge in [0.25, 0.3) is 0 Å². The number of nitrogens with zero attached hydrogens (tertiary/aromatic N) is 2. The van der Waals surface area contributed by atoms with Crippen molar-refractivity contribution in [1.29, 1.82) is 0 Å². The van der Waals surface area contributed by atoms with Crippen LogP contribution in [0.3, 0.4) is 0 Å². The molecule has 1 amide bonds. The Hall–Kier alpha value is -2.08. The Morgan fingerprint density at radius 2 is 1.77 bits per heavy atom. The van der Waals surface area contributed by atoms with Gasteiger partial charge in [0.1, 0.15) is 6.33 Å². The summed E-state index contributed by atoms with van der Waals surface area (Å²) in [7, 11) is 0. The van der Waals surface area contributed by atoms with Crippen LogP contribution < -0.4 is 11.1 Å². The molecule has 0 aliphatic rings. The summed E-state index contributed by atoms with van der Waals surface area (Å²) < 4.78 is 2.02. The second kappa shape index (κ2) is 9.57. The van der Waals surface area contributed by atoms with Crippen molar-refractivity contribution in [3.05, 3.63) is 54.9 Å². The van der Waals surface area contributed by atoms with Crippen molar-refractivity contribution in [2.24, 2.45) is 11.7 Å². The molecular weight excluding hydrogens is 371 g/mol. The number of amides is 1. The van der Waals surface area contributed by atoms with E-state index in [-0.39, 0.29) is 30.7 Å². The molecule has 3 N–H and O–H groups in total. The van der Waals surface area contributed by atoms with Crippen LogP contribution in [0.4, 0.5) is 5.69 Å². The topological polar surface area (TPSA) is 72.9 Å². The first-order chi connectivity index (χ1) is 11.5. The number of aromatic nitrogens is 2. The molecule has 0 bridgehead atoms. The lowest BCUT2D eigenvalue weighted by atomic mass is 10.0. The summed E-state index contributed by atoms with van der Waals surface area (Å²) in [6, 6.07) is 15.2. The summed E-state index contributed by atoms with van der Waals surface area (Å²) in [5.41, 5.74) is 9.65. The second-order valence-corrected chi connectivity index (χ2v) is 6.38. The Kier molecular flexibility index (Phi) is 8.08. The number of benzene rings is 2. The third kappa shape index (κ3) is 4.97. The highest BCUT2D eigenvalue weighted by Gasteiger charge is 2.15. The minimum Gasteiger partial charge on any atom is -0.325 e. The van der Waals surface area contributed by atoms with E-state index in [0.717, 1.165) is 22.4 Å². The summed E-state index contributed by atoms with van der Waals surface area (Å²) in [5, 5.41) is 2.87. The minimum absolute atomic E-state index is 0. The maximum atomic E-state index is 12.1. The molecule has 5 nitrogen and oxygen atoms in total. The number of hydrogen-bond donors (Lipinski definition) is 2. The minimum atomic E-state index is -0.484. The third-order valence-electron chi connectivity index (χ3n) is 3.93. The average molecular weight is 395 g/mol. The van der Waals surface area contributed by atoms with Crippen LogP contribution in [-0.2, 0) is 4.79 Å². The van der Waals surface area contributed by atoms with Gasteiger partial charge in [0.2, 0.25) is 5.91 Å². The molecule has 1 aromatic heterocycles. The molecule has 0 saturated heterocycles. The number of nitrogens with two attached hydrogens (primary N) is 1. The van der Waals surface area contributed by atoms with Crippen molar-refractivity contribution >= 4 is 47.4 Å². The number of halogens is 2. The summed E-state index contributed by atoms with van der Waals surface area (Å²) in [6.07, 6.45) is 2.47. The SMILES string of the molecule is CC(C)C[C@H](N)C(=O)Nc1ccc(-n2cnc3ccccc32)cc1.Cl.Cl. The van der Waals surface area contributed by atoms with Crippen molar-refractivity contribution in [3.8, 4) is 5.69 Å². The lowest BCUT2D eigenvalue weighted by Gasteiger charge is -2.14. The Balaban J connectivity index is 0.00000169. The molecule has 3 aromatic rings. The van der Waals surface area contributed by atoms with E-state index >= 15 is 0 Å². The van der Waals surface area contributed by atoms with Crippen LogP contribution in [0.2, 0.25) is 0 Å². The molecular formula is C19H24Cl2N4O. The van der Waals surface area contributed by atoms with Crippen molar-refractivity contribution in [1.82, 2.24) is 9.55 Å². The maximum Gasteiger partial charge on any atom is 0.241 e. The van der Waals surface area contributed by atoms with Gasteiger partial charge in [-0.1, -0.05) is 26.0 Å². The van der Waals surface area contributed by atoms with E-state index in [0.29, 0.717) is 12.3 Å². The molecule has 1 heterocycles. The number of rotatable bonds is 5. The number of carbonyl (C=O) groups excluding carboxylic acids is 1. The molecule has 0 aliphatic heterocycles. The smallest absolute Gasteiger partial charge is 0.241 e. The number of hydrogen-bond acceptors (Lipinski definition) is 3. The Bertz CT molecular complexity index is 846. The van der Waals surface area contributed by atoms with E-state index < -0.39 is 6.04 Å². The van der Waals surface area contributed by atoms with Crippen molar-refractivity contribution < 1.29 is 4.79 Å². The number of nitrogens with one attached hydrogen (secondary N) is 1. The fraction of sp³-hybridized carbons (Fsp3) is 0.263. The van der Waals surface area contributed by atoms with Gasteiger partial charge in [0.15, 0.2) is 0 Å². The van der Waals surface area contributed by atoms with Crippen LogP contribution in [0, 0.1) is 5.92 Å². The number of imidazole rings is 1. The zero-order valence-corrected chi connectivity index (χ0v) is 16.4. The predicted octanol–water partition coefficient (Wildman–Crippen LogP) is 4.18. The highest BCUT2D eigenvalue weighted by Crippen LogP contribution is 2.19. The van der Waals surface area contributed by atoms with Crippen LogP contribution in [0.25, 0.3) is 16.7 Å². The van der Waals surface area contributed by atoms with Crippen LogP contribution in [-0.4, -0.2) is 21.5 Å². The lowest BCUT2D eigenvalue weighted by Crippen LogP contribution is -2.36. The van der Waals surface area contributed by atoms with E-state index in [2.05, 4.69) is 24.1 Å². The van der Waals surface area contributed by atoms with E-state index in [1.165, 1.54) is 0 Å². The number of para-hydroxylation sites is 2. The molecule has 0 saturated carbocycles. The molecule has 0 fully saturated rings. The Labute approximate surface area is 165 Å². The molecule has 2 aromatic carbocycles. The molecule has 3 rings (SSSR count). The molecule has 140 valence electrons. The zero-order chi connectivity index (χ0) is 17.1. The monoisotopic (exact) mass is 394 g/mol. The first-order valence-corrected chi connectivity index (χ1v) is 8.13. The first-order valence-electron chi connectivity index (χ1n) is 8.13.